The summed E-state index contributed by atoms with van der Waals surface area (Å²) >= 11 is 4.66. The summed E-state index contributed by atoms with van der Waals surface area (Å²) in [6, 6.07) is 8.17. The van der Waals surface area contributed by atoms with E-state index < -0.39 is 5.97 Å². The third kappa shape index (κ3) is 3.62. The number of rotatable bonds is 5. The standard InChI is InChI=1S/C13H13BrN2O2S/c1-8(10-4-2-3-5-11(10)14)15-6-9-7-19-12(16-9)13(17)18/h2-5,7-8,15H,6H2,1H3,(H,17,18)/t8-/m0/s1. The molecule has 2 N–H and O–H groups in total. The van der Waals surface area contributed by atoms with Crippen LogP contribution >= 0.6 is 27.3 Å². The topological polar surface area (TPSA) is 62.2 Å². The van der Waals surface area contributed by atoms with Gasteiger partial charge in [0.15, 0.2) is 0 Å². The third-order valence-electron chi connectivity index (χ3n) is 2.70. The van der Waals surface area contributed by atoms with Crippen LogP contribution in [-0.4, -0.2) is 16.1 Å². The van der Waals surface area contributed by atoms with E-state index in [0.717, 1.165) is 27.1 Å². The molecule has 0 bridgehead atoms. The van der Waals surface area contributed by atoms with Gasteiger partial charge in [0.05, 0.1) is 5.69 Å². The zero-order chi connectivity index (χ0) is 13.8. The lowest BCUT2D eigenvalue weighted by molar-refractivity contribution is 0.0696. The molecule has 1 atom stereocenters. The number of thiazole rings is 1. The summed E-state index contributed by atoms with van der Waals surface area (Å²) in [5.74, 6) is -0.977. The average molecular weight is 341 g/mol. The summed E-state index contributed by atoms with van der Waals surface area (Å²) in [7, 11) is 0. The second-order valence-corrected chi connectivity index (χ2v) is 5.79. The summed E-state index contributed by atoms with van der Waals surface area (Å²) in [6.07, 6.45) is 0. The third-order valence-corrected chi connectivity index (χ3v) is 4.30. The second kappa shape index (κ2) is 6.27. The lowest BCUT2D eigenvalue weighted by Gasteiger charge is -2.14. The Balaban J connectivity index is 1.98. The van der Waals surface area contributed by atoms with Crippen molar-refractivity contribution >= 4 is 33.2 Å². The van der Waals surface area contributed by atoms with Gasteiger partial charge >= 0.3 is 5.97 Å². The Kier molecular flexibility index (Phi) is 4.68. The molecule has 4 nitrogen and oxygen atoms in total. The number of benzene rings is 1. The van der Waals surface area contributed by atoms with Gasteiger partial charge in [0, 0.05) is 22.4 Å². The van der Waals surface area contributed by atoms with E-state index in [4.69, 9.17) is 5.11 Å². The maximum Gasteiger partial charge on any atom is 0.365 e. The van der Waals surface area contributed by atoms with Crippen LogP contribution in [0, 0.1) is 0 Å². The van der Waals surface area contributed by atoms with E-state index in [1.807, 2.05) is 24.3 Å². The Morgan fingerprint density at radius 3 is 2.89 bits per heavy atom. The number of nitrogens with zero attached hydrogens (tertiary/aromatic N) is 1. The van der Waals surface area contributed by atoms with Gasteiger partial charge in [-0.2, -0.15) is 0 Å². The number of aromatic nitrogens is 1. The van der Waals surface area contributed by atoms with Gasteiger partial charge in [0.1, 0.15) is 0 Å². The molecule has 6 heteroatoms. The summed E-state index contributed by atoms with van der Waals surface area (Å²) in [5, 5.41) is 14.0. The predicted molar refractivity (Wildman–Crippen MR) is 78.5 cm³/mol. The minimum absolute atomic E-state index is 0.130. The molecule has 0 spiro atoms. The number of hydrogen-bond donors (Lipinski definition) is 2. The van der Waals surface area contributed by atoms with Crippen LogP contribution in [0.2, 0.25) is 0 Å². The van der Waals surface area contributed by atoms with Crippen LogP contribution in [0.1, 0.15) is 34.0 Å². The number of nitrogens with one attached hydrogen (secondary N) is 1. The van der Waals surface area contributed by atoms with Crippen LogP contribution in [0.3, 0.4) is 0 Å². The van der Waals surface area contributed by atoms with E-state index in [2.05, 4.69) is 33.2 Å². The van der Waals surface area contributed by atoms with Crippen molar-refractivity contribution in [3.63, 3.8) is 0 Å². The fraction of sp³-hybridized carbons (Fsp3) is 0.231. The highest BCUT2D eigenvalue weighted by Crippen LogP contribution is 2.23. The van der Waals surface area contributed by atoms with E-state index in [0.29, 0.717) is 6.54 Å². The second-order valence-electron chi connectivity index (χ2n) is 4.07. The molecule has 1 aromatic heterocycles. The first kappa shape index (κ1) is 14.2. The first-order chi connectivity index (χ1) is 9.08. The Morgan fingerprint density at radius 2 is 2.26 bits per heavy atom. The summed E-state index contributed by atoms with van der Waals surface area (Å²) in [5.41, 5.74) is 1.91. The molecule has 0 aliphatic heterocycles. The fourth-order valence-electron chi connectivity index (χ4n) is 1.68. The van der Waals surface area contributed by atoms with Crippen molar-refractivity contribution in [2.75, 3.05) is 0 Å². The molecule has 0 saturated heterocycles. The van der Waals surface area contributed by atoms with E-state index in [-0.39, 0.29) is 11.0 Å². The number of carboxylic acids is 1. The molecule has 0 aliphatic rings. The van der Waals surface area contributed by atoms with Crippen LogP contribution < -0.4 is 5.32 Å². The fourth-order valence-corrected chi connectivity index (χ4v) is 2.96. The SMILES string of the molecule is C[C@H](NCc1csc(C(=O)O)n1)c1ccccc1Br. The molecule has 0 aliphatic carbocycles. The van der Waals surface area contributed by atoms with Crippen molar-refractivity contribution in [3.05, 3.63) is 50.4 Å². The minimum Gasteiger partial charge on any atom is -0.476 e. The van der Waals surface area contributed by atoms with Crippen molar-refractivity contribution in [3.8, 4) is 0 Å². The molecule has 0 amide bonds. The van der Waals surface area contributed by atoms with E-state index in [1.165, 1.54) is 0 Å². The molecule has 1 aromatic carbocycles. The monoisotopic (exact) mass is 340 g/mol. The van der Waals surface area contributed by atoms with Gasteiger partial charge in [-0.15, -0.1) is 11.3 Å². The Hall–Kier alpha value is -1.24. The van der Waals surface area contributed by atoms with Gasteiger partial charge < -0.3 is 10.4 Å². The molecule has 1 heterocycles. The van der Waals surface area contributed by atoms with E-state index in [9.17, 15) is 4.79 Å². The molecule has 2 rings (SSSR count). The van der Waals surface area contributed by atoms with Crippen LogP contribution in [0.5, 0.6) is 0 Å². The minimum atomic E-state index is -0.977. The molecule has 0 fully saturated rings. The molecular weight excluding hydrogens is 328 g/mol. The smallest absolute Gasteiger partial charge is 0.365 e. The van der Waals surface area contributed by atoms with Crippen LogP contribution in [0.4, 0.5) is 0 Å². The predicted octanol–water partition coefficient (Wildman–Crippen LogP) is 3.45. The first-order valence-electron chi connectivity index (χ1n) is 5.73. The Morgan fingerprint density at radius 1 is 1.53 bits per heavy atom. The lowest BCUT2D eigenvalue weighted by Crippen LogP contribution is -2.18. The van der Waals surface area contributed by atoms with Gasteiger partial charge in [0.2, 0.25) is 5.01 Å². The molecule has 2 aromatic rings. The average Bonchev–Trinajstić information content (AvgIpc) is 2.85. The summed E-state index contributed by atoms with van der Waals surface area (Å²) < 4.78 is 1.06. The van der Waals surface area contributed by atoms with Crippen LogP contribution in [-0.2, 0) is 6.54 Å². The zero-order valence-corrected chi connectivity index (χ0v) is 12.7. The van der Waals surface area contributed by atoms with Crippen molar-refractivity contribution < 1.29 is 9.90 Å². The lowest BCUT2D eigenvalue weighted by atomic mass is 10.1. The quantitative estimate of drug-likeness (QED) is 0.874. The summed E-state index contributed by atoms with van der Waals surface area (Å²) in [6.45, 7) is 2.61. The van der Waals surface area contributed by atoms with Gasteiger partial charge in [-0.1, -0.05) is 34.1 Å². The number of halogens is 1. The van der Waals surface area contributed by atoms with Crippen molar-refractivity contribution in [2.24, 2.45) is 0 Å². The van der Waals surface area contributed by atoms with Crippen LogP contribution in [0.25, 0.3) is 0 Å². The normalized spacial score (nSPS) is 12.3. The summed E-state index contributed by atoms with van der Waals surface area (Å²) in [4.78, 5) is 14.8. The first-order valence-corrected chi connectivity index (χ1v) is 7.40. The van der Waals surface area contributed by atoms with Gasteiger partial charge in [-0.05, 0) is 18.6 Å². The zero-order valence-electron chi connectivity index (χ0n) is 10.3. The van der Waals surface area contributed by atoms with Crippen molar-refractivity contribution in [2.45, 2.75) is 19.5 Å². The highest BCUT2D eigenvalue weighted by molar-refractivity contribution is 9.10. The molecule has 0 radical (unpaired) electrons. The highest BCUT2D eigenvalue weighted by atomic mass is 79.9. The maximum atomic E-state index is 10.7. The molecule has 0 unspecified atom stereocenters. The van der Waals surface area contributed by atoms with Crippen molar-refractivity contribution in [1.82, 2.24) is 10.3 Å². The highest BCUT2D eigenvalue weighted by Gasteiger charge is 2.11. The van der Waals surface area contributed by atoms with Gasteiger partial charge in [-0.3, -0.25) is 0 Å². The Labute approximate surface area is 123 Å². The number of carbonyl (C=O) groups is 1. The molecular formula is C13H13BrN2O2S. The van der Waals surface area contributed by atoms with Gasteiger partial charge in [0.25, 0.3) is 0 Å². The maximum absolute atomic E-state index is 10.7. The molecule has 0 saturated carbocycles. The van der Waals surface area contributed by atoms with Crippen molar-refractivity contribution in [1.29, 1.82) is 0 Å². The van der Waals surface area contributed by atoms with Crippen LogP contribution in [0.15, 0.2) is 34.1 Å². The number of aromatic carboxylic acids is 1. The molecule has 19 heavy (non-hydrogen) atoms. The largest absolute Gasteiger partial charge is 0.476 e. The Bertz CT molecular complexity index is 586. The number of carboxylic acid groups (broad SMARTS) is 1. The van der Waals surface area contributed by atoms with E-state index >= 15 is 0 Å². The van der Waals surface area contributed by atoms with E-state index in [1.54, 1.807) is 5.38 Å². The number of hydrogen-bond acceptors (Lipinski definition) is 4. The molecule has 100 valence electrons. The van der Waals surface area contributed by atoms with Gasteiger partial charge in [-0.25, -0.2) is 9.78 Å².